The quantitative estimate of drug-likeness (QED) is 0.251. The van der Waals surface area contributed by atoms with Gasteiger partial charge in [0.1, 0.15) is 11.5 Å². The molecule has 2 aromatic carbocycles. The van der Waals surface area contributed by atoms with Gasteiger partial charge in [0.2, 0.25) is 0 Å². The summed E-state index contributed by atoms with van der Waals surface area (Å²) in [7, 11) is 1.69. The lowest BCUT2D eigenvalue weighted by molar-refractivity contribution is -0.119. The van der Waals surface area contributed by atoms with Gasteiger partial charge < -0.3 is 25.8 Å². The predicted molar refractivity (Wildman–Crippen MR) is 131 cm³/mol. The average Bonchev–Trinajstić information content (AvgIpc) is 2.71. The van der Waals surface area contributed by atoms with Crippen LogP contribution >= 0.6 is 24.0 Å². The van der Waals surface area contributed by atoms with E-state index in [9.17, 15) is 4.79 Å². The molecule has 4 N–H and O–H groups in total. The Morgan fingerprint density at radius 3 is 2.67 bits per heavy atom. The molecule has 2 rings (SSSR count). The first-order valence-corrected chi connectivity index (χ1v) is 9.67. The van der Waals surface area contributed by atoms with E-state index in [0.29, 0.717) is 12.3 Å². The van der Waals surface area contributed by atoms with Crippen molar-refractivity contribution in [3.8, 4) is 11.5 Å². The first-order chi connectivity index (χ1) is 14.0. The minimum absolute atomic E-state index is 0. The molecule has 0 unspecified atom stereocenters. The Morgan fingerprint density at radius 1 is 1.17 bits per heavy atom. The van der Waals surface area contributed by atoms with E-state index in [4.69, 9.17) is 15.2 Å². The van der Waals surface area contributed by atoms with Gasteiger partial charge in [-0.15, -0.1) is 24.0 Å². The van der Waals surface area contributed by atoms with E-state index in [1.807, 2.05) is 37.3 Å². The minimum atomic E-state index is -0.503. The second-order valence-corrected chi connectivity index (χ2v) is 6.59. The highest BCUT2D eigenvalue weighted by atomic mass is 127. The fourth-order valence-corrected chi connectivity index (χ4v) is 2.82. The maximum absolute atomic E-state index is 10.9. The zero-order chi connectivity index (χ0) is 21.1. The summed E-state index contributed by atoms with van der Waals surface area (Å²) >= 11 is 0. The molecule has 1 amide bonds. The van der Waals surface area contributed by atoms with Crippen LogP contribution in [0.1, 0.15) is 23.6 Å². The first kappa shape index (κ1) is 25.5. The molecule has 0 saturated heterocycles. The summed E-state index contributed by atoms with van der Waals surface area (Å²) in [5, 5.41) is 6.60. The fourth-order valence-electron chi connectivity index (χ4n) is 2.82. The highest BCUT2D eigenvalue weighted by Crippen LogP contribution is 2.19. The summed E-state index contributed by atoms with van der Waals surface area (Å²) in [6.45, 7) is 5.94. The third-order valence-corrected chi connectivity index (χ3v) is 4.17. The molecule has 0 heterocycles. The molecule has 0 radical (unpaired) electrons. The first-order valence-electron chi connectivity index (χ1n) is 9.67. The Kier molecular flexibility index (Phi) is 11.7. The van der Waals surface area contributed by atoms with Gasteiger partial charge in [0.05, 0.1) is 13.7 Å². The lowest BCUT2D eigenvalue weighted by Crippen LogP contribution is -2.38. The summed E-state index contributed by atoms with van der Waals surface area (Å²) in [5.74, 6) is 1.73. The van der Waals surface area contributed by atoms with Crippen molar-refractivity contribution < 1.29 is 14.3 Å². The molecule has 164 valence electrons. The van der Waals surface area contributed by atoms with E-state index in [-0.39, 0.29) is 30.6 Å². The van der Waals surface area contributed by atoms with Crippen LogP contribution in [-0.4, -0.2) is 38.7 Å². The molecule has 0 atom stereocenters. The van der Waals surface area contributed by atoms with Crippen molar-refractivity contribution in [2.45, 2.75) is 26.8 Å². The van der Waals surface area contributed by atoms with Crippen LogP contribution in [0.2, 0.25) is 0 Å². The van der Waals surface area contributed by atoms with Gasteiger partial charge in [-0.1, -0.05) is 29.8 Å². The second kappa shape index (κ2) is 13.7. The summed E-state index contributed by atoms with van der Waals surface area (Å²) in [4.78, 5) is 15.5. The molecule has 7 nitrogen and oxygen atoms in total. The van der Waals surface area contributed by atoms with E-state index < -0.39 is 5.91 Å². The van der Waals surface area contributed by atoms with Crippen LogP contribution in [0.25, 0.3) is 0 Å². The lowest BCUT2D eigenvalue weighted by atomic mass is 10.1. The molecule has 0 aromatic heterocycles. The Hall–Kier alpha value is -2.49. The molecular weight excluding hydrogens is 495 g/mol. The van der Waals surface area contributed by atoms with Crippen LogP contribution in [0.3, 0.4) is 0 Å². The van der Waals surface area contributed by atoms with Crippen molar-refractivity contribution in [1.82, 2.24) is 10.6 Å². The molecule has 0 aliphatic heterocycles. The number of primary amides is 1. The van der Waals surface area contributed by atoms with Crippen LogP contribution in [-0.2, 0) is 17.8 Å². The van der Waals surface area contributed by atoms with E-state index in [1.54, 1.807) is 13.2 Å². The highest BCUT2D eigenvalue weighted by Gasteiger charge is 2.05. The number of guanidine groups is 1. The third kappa shape index (κ3) is 8.89. The molecule has 0 aliphatic rings. The summed E-state index contributed by atoms with van der Waals surface area (Å²) < 4.78 is 10.8. The van der Waals surface area contributed by atoms with Crippen LogP contribution in [0.15, 0.2) is 47.5 Å². The van der Waals surface area contributed by atoms with Gasteiger partial charge in [-0.05, 0) is 49.6 Å². The van der Waals surface area contributed by atoms with Gasteiger partial charge in [-0.2, -0.15) is 0 Å². The van der Waals surface area contributed by atoms with Crippen LogP contribution in [0.4, 0.5) is 0 Å². The van der Waals surface area contributed by atoms with Gasteiger partial charge in [0.15, 0.2) is 12.6 Å². The highest BCUT2D eigenvalue weighted by molar-refractivity contribution is 14.0. The number of carbonyl (C=O) groups is 1. The summed E-state index contributed by atoms with van der Waals surface area (Å²) in [6, 6.07) is 13.7. The van der Waals surface area contributed by atoms with Gasteiger partial charge in [0.25, 0.3) is 5.91 Å². The topological polar surface area (TPSA) is 98.0 Å². The number of aryl methyl sites for hydroxylation is 1. The normalized spacial score (nSPS) is 10.7. The molecule has 30 heavy (non-hydrogen) atoms. The Morgan fingerprint density at radius 2 is 1.97 bits per heavy atom. The number of amides is 1. The number of rotatable bonds is 10. The van der Waals surface area contributed by atoms with Crippen LogP contribution < -0.4 is 25.8 Å². The zero-order valence-electron chi connectivity index (χ0n) is 17.7. The number of nitrogens with two attached hydrogens (primary N) is 1. The molecule has 0 saturated carbocycles. The molecule has 2 aromatic rings. The Labute approximate surface area is 195 Å². The van der Waals surface area contributed by atoms with E-state index >= 15 is 0 Å². The monoisotopic (exact) mass is 526 g/mol. The van der Waals surface area contributed by atoms with Gasteiger partial charge in [-0.25, -0.2) is 4.99 Å². The smallest absolute Gasteiger partial charge is 0.255 e. The molecule has 0 spiro atoms. The van der Waals surface area contributed by atoms with Gasteiger partial charge >= 0.3 is 0 Å². The summed E-state index contributed by atoms with van der Waals surface area (Å²) in [5.41, 5.74) is 8.46. The number of hydrogen-bond acceptors (Lipinski definition) is 4. The maximum Gasteiger partial charge on any atom is 0.255 e. The Bertz CT molecular complexity index is 843. The minimum Gasteiger partial charge on any atom is -0.496 e. The van der Waals surface area contributed by atoms with Crippen molar-refractivity contribution in [3.05, 3.63) is 59.2 Å². The Balaban J connectivity index is 0.00000450. The maximum atomic E-state index is 10.9. The molecule has 0 fully saturated rings. The third-order valence-electron chi connectivity index (χ3n) is 4.17. The number of benzene rings is 2. The largest absolute Gasteiger partial charge is 0.496 e. The van der Waals surface area contributed by atoms with Crippen molar-refractivity contribution in [2.75, 3.05) is 26.8 Å². The lowest BCUT2D eigenvalue weighted by Gasteiger charge is -2.13. The number of ether oxygens (including phenoxy) is 2. The predicted octanol–water partition coefficient (Wildman–Crippen LogP) is 2.78. The number of carbonyl (C=O) groups excluding carboxylic acids is 1. The molecule has 0 bridgehead atoms. The standard InChI is InChI=1S/C22H30N4O3.HI/c1-4-24-22(25-11-10-18-12-16(2)8-9-20(18)28-3)26-14-17-6-5-7-19(13-17)29-15-21(23)27;/h5-9,12-13H,4,10-11,14-15H2,1-3H3,(H2,23,27)(H2,24,25,26);1H. The van der Waals surface area contributed by atoms with Crippen molar-refractivity contribution in [2.24, 2.45) is 10.7 Å². The van der Waals surface area contributed by atoms with E-state index in [0.717, 1.165) is 42.3 Å². The number of nitrogens with zero attached hydrogens (tertiary/aromatic N) is 1. The second-order valence-electron chi connectivity index (χ2n) is 6.59. The number of hydrogen-bond donors (Lipinski definition) is 3. The number of nitrogens with one attached hydrogen (secondary N) is 2. The zero-order valence-corrected chi connectivity index (χ0v) is 20.1. The van der Waals surface area contributed by atoms with Crippen molar-refractivity contribution >= 4 is 35.8 Å². The molecular formula is C22H31IN4O3. The van der Waals surface area contributed by atoms with Crippen molar-refractivity contribution in [3.63, 3.8) is 0 Å². The van der Waals surface area contributed by atoms with Gasteiger partial charge in [-0.3, -0.25) is 4.79 Å². The average molecular weight is 526 g/mol. The number of methoxy groups -OCH3 is 1. The molecule has 8 heteroatoms. The SMILES string of the molecule is CCNC(=NCc1cccc(OCC(N)=O)c1)NCCc1cc(C)ccc1OC.I. The van der Waals surface area contributed by atoms with Gasteiger partial charge in [0, 0.05) is 13.1 Å². The molecule has 0 aliphatic carbocycles. The number of aliphatic imine (C=N–C) groups is 1. The van der Waals surface area contributed by atoms with Crippen LogP contribution in [0, 0.1) is 6.92 Å². The number of halogens is 1. The van der Waals surface area contributed by atoms with Crippen LogP contribution in [0.5, 0.6) is 11.5 Å². The van der Waals surface area contributed by atoms with E-state index in [2.05, 4.69) is 28.6 Å². The fraction of sp³-hybridized carbons (Fsp3) is 0.364. The van der Waals surface area contributed by atoms with Crippen molar-refractivity contribution in [1.29, 1.82) is 0 Å². The summed E-state index contributed by atoms with van der Waals surface area (Å²) in [6.07, 6.45) is 0.825. The van der Waals surface area contributed by atoms with E-state index in [1.165, 1.54) is 5.56 Å².